The van der Waals surface area contributed by atoms with E-state index in [2.05, 4.69) is 13.8 Å². The highest BCUT2D eigenvalue weighted by Crippen LogP contribution is 1.97. The highest BCUT2D eigenvalue weighted by Gasteiger charge is 2.08. The molecule has 3 nitrogen and oxygen atoms in total. The van der Waals surface area contributed by atoms with Crippen LogP contribution in [0.4, 0.5) is 0 Å². The molecule has 15 heavy (non-hydrogen) atoms. The van der Waals surface area contributed by atoms with Crippen molar-refractivity contribution in [3.05, 3.63) is 0 Å². The number of aliphatic hydroxyl groups excluding tert-OH is 1. The van der Waals surface area contributed by atoms with E-state index >= 15 is 0 Å². The third kappa shape index (κ3) is 10.4. The third-order valence-electron chi connectivity index (χ3n) is 2.06. The molecular formula is C11H24O3S. The summed E-state index contributed by atoms with van der Waals surface area (Å²) in [7, 11) is -0.887. The first kappa shape index (κ1) is 15.1. The number of hydrogen-bond acceptors (Lipinski definition) is 3. The van der Waals surface area contributed by atoms with Crippen molar-refractivity contribution in [1.29, 1.82) is 0 Å². The van der Waals surface area contributed by atoms with Crippen molar-refractivity contribution >= 4 is 10.8 Å². The summed E-state index contributed by atoms with van der Waals surface area (Å²) in [6, 6.07) is 0. The van der Waals surface area contributed by atoms with E-state index in [9.17, 15) is 9.32 Å². The summed E-state index contributed by atoms with van der Waals surface area (Å²) in [6.07, 6.45) is 3.56. The molecule has 1 N–H and O–H groups in total. The standard InChI is InChI=1S/C11H24O3S/c1-3-5-7-14-9-11(12)10-15(13)8-6-4-2/h11-12H,3-10H2,1-2H3/t11-,15-/m1/s1. The minimum atomic E-state index is -0.887. The summed E-state index contributed by atoms with van der Waals surface area (Å²) in [5.41, 5.74) is 0. The van der Waals surface area contributed by atoms with Crippen molar-refractivity contribution in [2.24, 2.45) is 0 Å². The molecule has 0 rings (SSSR count). The van der Waals surface area contributed by atoms with Gasteiger partial charge in [0, 0.05) is 23.2 Å². The lowest BCUT2D eigenvalue weighted by Crippen LogP contribution is -2.24. The number of hydrogen-bond donors (Lipinski definition) is 1. The molecule has 0 bridgehead atoms. The molecule has 0 spiro atoms. The number of unbranched alkanes of at least 4 members (excludes halogenated alkanes) is 2. The molecule has 0 aromatic heterocycles. The Hall–Kier alpha value is 0.0700. The quantitative estimate of drug-likeness (QED) is 0.587. The van der Waals surface area contributed by atoms with E-state index in [0.717, 1.165) is 25.7 Å². The topological polar surface area (TPSA) is 46.5 Å². The van der Waals surface area contributed by atoms with Crippen molar-refractivity contribution in [3.8, 4) is 0 Å². The molecule has 0 heterocycles. The van der Waals surface area contributed by atoms with Crippen LogP contribution in [-0.4, -0.2) is 40.1 Å². The van der Waals surface area contributed by atoms with E-state index in [1.54, 1.807) is 0 Å². The van der Waals surface area contributed by atoms with Gasteiger partial charge in [0.15, 0.2) is 0 Å². The second-order valence-corrected chi connectivity index (χ2v) is 5.37. The molecule has 0 aromatic rings. The minimum absolute atomic E-state index is 0.317. The molecule has 0 amide bonds. The first-order valence-electron chi connectivity index (χ1n) is 5.81. The molecule has 0 saturated heterocycles. The van der Waals surface area contributed by atoms with E-state index in [4.69, 9.17) is 4.74 Å². The van der Waals surface area contributed by atoms with Gasteiger partial charge in [0.05, 0.1) is 18.5 Å². The lowest BCUT2D eigenvalue weighted by molar-refractivity contribution is 0.0469. The zero-order valence-electron chi connectivity index (χ0n) is 9.91. The summed E-state index contributed by atoms with van der Waals surface area (Å²) >= 11 is 0. The normalized spacial score (nSPS) is 15.1. The Morgan fingerprint density at radius 3 is 2.53 bits per heavy atom. The first-order chi connectivity index (χ1) is 7.20. The molecular weight excluding hydrogens is 212 g/mol. The van der Waals surface area contributed by atoms with E-state index < -0.39 is 16.9 Å². The van der Waals surface area contributed by atoms with Crippen LogP contribution in [0.5, 0.6) is 0 Å². The predicted octanol–water partition coefficient (Wildman–Crippen LogP) is 1.71. The monoisotopic (exact) mass is 236 g/mol. The fraction of sp³-hybridized carbons (Fsp3) is 1.00. The van der Waals surface area contributed by atoms with Crippen LogP contribution in [0.2, 0.25) is 0 Å². The molecule has 0 aliphatic carbocycles. The Balaban J connectivity index is 3.38. The molecule has 0 fully saturated rings. The van der Waals surface area contributed by atoms with Crippen LogP contribution in [0.15, 0.2) is 0 Å². The van der Waals surface area contributed by atoms with Gasteiger partial charge in [-0.1, -0.05) is 26.7 Å². The third-order valence-corrected chi connectivity index (χ3v) is 3.56. The number of ether oxygens (including phenoxy) is 1. The highest BCUT2D eigenvalue weighted by molar-refractivity contribution is 7.85. The van der Waals surface area contributed by atoms with Crippen LogP contribution in [0.3, 0.4) is 0 Å². The fourth-order valence-electron chi connectivity index (χ4n) is 1.12. The van der Waals surface area contributed by atoms with Gasteiger partial charge in [-0.2, -0.15) is 0 Å². The smallest absolute Gasteiger partial charge is 0.0888 e. The van der Waals surface area contributed by atoms with Crippen molar-refractivity contribution in [2.75, 3.05) is 24.7 Å². The van der Waals surface area contributed by atoms with Gasteiger partial charge in [-0.25, -0.2) is 0 Å². The molecule has 92 valence electrons. The summed E-state index contributed by atoms with van der Waals surface area (Å²) in [4.78, 5) is 0. The van der Waals surface area contributed by atoms with Crippen LogP contribution in [0, 0.1) is 0 Å². The second kappa shape index (κ2) is 10.6. The molecule has 0 aliphatic heterocycles. The van der Waals surface area contributed by atoms with E-state index in [-0.39, 0.29) is 0 Å². The lowest BCUT2D eigenvalue weighted by Gasteiger charge is -2.10. The first-order valence-corrected chi connectivity index (χ1v) is 7.30. The summed E-state index contributed by atoms with van der Waals surface area (Å²) in [6.45, 7) is 5.17. The van der Waals surface area contributed by atoms with Crippen molar-refractivity contribution < 1.29 is 14.1 Å². The van der Waals surface area contributed by atoms with Gasteiger partial charge in [0.25, 0.3) is 0 Å². The van der Waals surface area contributed by atoms with E-state index in [0.29, 0.717) is 24.7 Å². The van der Waals surface area contributed by atoms with E-state index in [1.807, 2.05) is 0 Å². The largest absolute Gasteiger partial charge is 0.390 e. The maximum absolute atomic E-state index is 11.4. The number of aliphatic hydroxyl groups is 1. The Labute approximate surface area is 95.7 Å². The zero-order valence-corrected chi connectivity index (χ0v) is 10.7. The van der Waals surface area contributed by atoms with Gasteiger partial charge in [-0.15, -0.1) is 0 Å². The van der Waals surface area contributed by atoms with Crippen molar-refractivity contribution in [3.63, 3.8) is 0 Å². The molecule has 0 radical (unpaired) electrons. The number of rotatable bonds is 10. The van der Waals surface area contributed by atoms with Gasteiger partial charge in [0.1, 0.15) is 0 Å². The Kier molecular flexibility index (Phi) is 10.6. The Morgan fingerprint density at radius 2 is 1.93 bits per heavy atom. The highest BCUT2D eigenvalue weighted by atomic mass is 32.2. The minimum Gasteiger partial charge on any atom is -0.390 e. The Morgan fingerprint density at radius 1 is 1.27 bits per heavy atom. The van der Waals surface area contributed by atoms with Gasteiger partial charge in [0.2, 0.25) is 0 Å². The molecule has 4 heteroatoms. The van der Waals surface area contributed by atoms with Crippen LogP contribution < -0.4 is 0 Å². The second-order valence-electron chi connectivity index (χ2n) is 3.75. The van der Waals surface area contributed by atoms with E-state index in [1.165, 1.54) is 0 Å². The maximum atomic E-state index is 11.4. The van der Waals surface area contributed by atoms with Crippen LogP contribution in [-0.2, 0) is 15.5 Å². The van der Waals surface area contributed by atoms with Crippen LogP contribution in [0.1, 0.15) is 39.5 Å². The molecule has 0 aromatic carbocycles. The predicted molar refractivity (Wildman–Crippen MR) is 64.5 cm³/mol. The average Bonchev–Trinajstić information content (AvgIpc) is 2.21. The van der Waals surface area contributed by atoms with Gasteiger partial charge < -0.3 is 9.84 Å². The van der Waals surface area contributed by atoms with Gasteiger partial charge in [-0.05, 0) is 12.8 Å². The van der Waals surface area contributed by atoms with Crippen molar-refractivity contribution in [1.82, 2.24) is 0 Å². The fourth-order valence-corrected chi connectivity index (χ4v) is 2.42. The zero-order chi connectivity index (χ0) is 11.5. The average molecular weight is 236 g/mol. The van der Waals surface area contributed by atoms with Gasteiger partial charge >= 0.3 is 0 Å². The molecule has 0 unspecified atom stereocenters. The molecule has 0 saturated carbocycles. The van der Waals surface area contributed by atoms with Gasteiger partial charge in [-0.3, -0.25) is 4.21 Å². The molecule has 2 atom stereocenters. The molecule has 0 aliphatic rings. The lowest BCUT2D eigenvalue weighted by atomic mass is 10.3. The Bertz CT molecular complexity index is 162. The summed E-state index contributed by atoms with van der Waals surface area (Å²) in [5, 5.41) is 9.50. The van der Waals surface area contributed by atoms with Crippen LogP contribution in [0.25, 0.3) is 0 Å². The summed E-state index contributed by atoms with van der Waals surface area (Å²) < 4.78 is 16.7. The summed E-state index contributed by atoms with van der Waals surface area (Å²) in [5.74, 6) is 1.05. The maximum Gasteiger partial charge on any atom is 0.0888 e. The SMILES string of the molecule is CCCCOC[C@@H](O)C[S@](=O)CCCC. The van der Waals surface area contributed by atoms with Crippen LogP contribution >= 0.6 is 0 Å². The van der Waals surface area contributed by atoms with Crippen molar-refractivity contribution in [2.45, 2.75) is 45.6 Å².